The maximum Gasteiger partial charge on any atom is 0.222 e. The fraction of sp³-hybridized carbons (Fsp3) is 0.143. The van der Waals surface area contributed by atoms with Crippen molar-refractivity contribution in [1.82, 2.24) is 9.97 Å². The monoisotopic (exact) mass is 305 g/mol. The molecule has 102 valence electrons. The molecule has 0 spiro atoms. The van der Waals surface area contributed by atoms with Gasteiger partial charge < -0.3 is 10.4 Å². The molecule has 1 atom stereocenters. The predicted molar refractivity (Wildman–Crippen MR) is 82.3 cm³/mol. The normalized spacial score (nSPS) is 12.5. The van der Waals surface area contributed by atoms with E-state index >= 15 is 0 Å². The van der Waals surface area contributed by atoms with E-state index in [-0.39, 0.29) is 0 Å². The molecule has 1 aromatic carbocycles. The lowest BCUT2D eigenvalue weighted by Crippen LogP contribution is -2.13. The quantitative estimate of drug-likeness (QED) is 0.774. The minimum absolute atomic E-state index is 0.350. The average Bonchev–Trinajstić information content (AvgIpc) is 2.90. The molecule has 3 rings (SSSR count). The van der Waals surface area contributed by atoms with Gasteiger partial charge in [0.05, 0.1) is 23.5 Å². The molecule has 0 amide bonds. The largest absolute Gasteiger partial charge is 0.387 e. The van der Waals surface area contributed by atoms with E-state index in [0.29, 0.717) is 17.5 Å². The predicted octanol–water partition coefficient (Wildman–Crippen LogP) is 3.49. The number of nitrogens with one attached hydrogen (secondary N) is 1. The van der Waals surface area contributed by atoms with Crippen molar-refractivity contribution in [1.29, 1.82) is 0 Å². The summed E-state index contributed by atoms with van der Waals surface area (Å²) in [6, 6.07) is 8.03. The minimum Gasteiger partial charge on any atom is -0.387 e. The summed E-state index contributed by atoms with van der Waals surface area (Å²) >= 11 is 7.35. The molecule has 0 aliphatic heterocycles. The molecule has 6 heteroatoms. The lowest BCUT2D eigenvalue weighted by Gasteiger charge is -2.11. The SMILES string of the molecule is OC(CNc1ncc(Cl)cn1)c1csc2ccccc12. The highest BCUT2D eigenvalue weighted by molar-refractivity contribution is 7.17. The summed E-state index contributed by atoms with van der Waals surface area (Å²) in [5.74, 6) is 0.452. The van der Waals surface area contributed by atoms with Crippen molar-refractivity contribution in [3.05, 3.63) is 52.6 Å². The van der Waals surface area contributed by atoms with Crippen molar-refractivity contribution in [3.63, 3.8) is 0 Å². The summed E-state index contributed by atoms with van der Waals surface area (Å²) in [6.45, 7) is 0.350. The Hall–Kier alpha value is -1.69. The molecule has 1 unspecified atom stereocenters. The molecule has 20 heavy (non-hydrogen) atoms. The summed E-state index contributed by atoms with van der Waals surface area (Å²) in [5.41, 5.74) is 0.923. The number of hydrogen-bond acceptors (Lipinski definition) is 5. The highest BCUT2D eigenvalue weighted by Gasteiger charge is 2.13. The van der Waals surface area contributed by atoms with Gasteiger partial charge >= 0.3 is 0 Å². The van der Waals surface area contributed by atoms with Crippen LogP contribution in [0.15, 0.2) is 42.0 Å². The van der Waals surface area contributed by atoms with E-state index in [2.05, 4.69) is 15.3 Å². The van der Waals surface area contributed by atoms with Crippen LogP contribution < -0.4 is 5.32 Å². The van der Waals surface area contributed by atoms with Crippen molar-refractivity contribution in [2.75, 3.05) is 11.9 Å². The first-order valence-electron chi connectivity index (χ1n) is 6.09. The second kappa shape index (κ2) is 5.75. The van der Waals surface area contributed by atoms with Crippen LogP contribution in [0.2, 0.25) is 5.02 Å². The van der Waals surface area contributed by atoms with E-state index in [1.54, 1.807) is 11.3 Å². The molecule has 2 N–H and O–H groups in total. The summed E-state index contributed by atoms with van der Waals surface area (Å²) in [7, 11) is 0. The van der Waals surface area contributed by atoms with Crippen molar-refractivity contribution < 1.29 is 5.11 Å². The highest BCUT2D eigenvalue weighted by atomic mass is 35.5. The Kier molecular flexibility index (Phi) is 3.82. The topological polar surface area (TPSA) is 58.0 Å². The summed E-state index contributed by atoms with van der Waals surface area (Å²) < 4.78 is 1.17. The molecule has 0 aliphatic carbocycles. The number of aromatic nitrogens is 2. The third-order valence-electron chi connectivity index (χ3n) is 2.94. The van der Waals surface area contributed by atoms with Crippen molar-refractivity contribution in [2.45, 2.75) is 6.10 Å². The zero-order valence-electron chi connectivity index (χ0n) is 10.5. The fourth-order valence-corrected chi connectivity index (χ4v) is 3.06. The van der Waals surface area contributed by atoms with Crippen LogP contribution in [-0.4, -0.2) is 21.6 Å². The minimum atomic E-state index is -0.606. The third-order valence-corrected chi connectivity index (χ3v) is 4.12. The van der Waals surface area contributed by atoms with Gasteiger partial charge in [0.15, 0.2) is 0 Å². The molecule has 0 aliphatic rings. The molecule has 2 heterocycles. The fourth-order valence-electron chi connectivity index (χ4n) is 1.96. The summed E-state index contributed by atoms with van der Waals surface area (Å²) in [4.78, 5) is 8.06. The molecule has 0 fully saturated rings. The van der Waals surface area contributed by atoms with Crippen LogP contribution in [0.1, 0.15) is 11.7 Å². The summed E-state index contributed by atoms with van der Waals surface area (Å²) in [6.07, 6.45) is 2.43. The van der Waals surface area contributed by atoms with Crippen molar-refractivity contribution >= 4 is 39.0 Å². The molecule has 0 radical (unpaired) electrons. The molecular weight excluding hydrogens is 294 g/mol. The first kappa shape index (κ1) is 13.3. The Morgan fingerprint density at radius 1 is 1.25 bits per heavy atom. The lowest BCUT2D eigenvalue weighted by molar-refractivity contribution is 0.193. The first-order chi connectivity index (χ1) is 9.74. The molecule has 3 aromatic rings. The van der Waals surface area contributed by atoms with Gasteiger partial charge in [-0.15, -0.1) is 11.3 Å². The number of aliphatic hydroxyl groups is 1. The number of hydrogen-bond donors (Lipinski definition) is 2. The Morgan fingerprint density at radius 3 is 2.80 bits per heavy atom. The number of thiophene rings is 1. The van der Waals surface area contributed by atoms with Crippen LogP contribution in [0.4, 0.5) is 5.95 Å². The van der Waals surface area contributed by atoms with E-state index < -0.39 is 6.10 Å². The van der Waals surface area contributed by atoms with E-state index in [9.17, 15) is 5.11 Å². The molecule has 0 bridgehead atoms. The Balaban J connectivity index is 1.73. The van der Waals surface area contributed by atoms with Gasteiger partial charge in [-0.1, -0.05) is 29.8 Å². The van der Waals surface area contributed by atoms with Gasteiger partial charge in [-0.3, -0.25) is 0 Å². The van der Waals surface area contributed by atoms with E-state index in [1.165, 1.54) is 17.1 Å². The second-order valence-corrected chi connectivity index (χ2v) is 5.66. The summed E-state index contributed by atoms with van der Waals surface area (Å²) in [5, 5.41) is 16.8. The Labute approximate surface area is 125 Å². The third kappa shape index (κ3) is 2.75. The molecular formula is C14H12ClN3OS. The Bertz CT molecular complexity index is 714. The average molecular weight is 306 g/mol. The van der Waals surface area contributed by atoms with Crippen LogP contribution in [-0.2, 0) is 0 Å². The van der Waals surface area contributed by atoms with Crippen LogP contribution in [0, 0.1) is 0 Å². The number of aliphatic hydroxyl groups excluding tert-OH is 1. The number of anilines is 1. The maximum atomic E-state index is 10.3. The zero-order valence-corrected chi connectivity index (χ0v) is 12.0. The van der Waals surface area contributed by atoms with E-state index in [4.69, 9.17) is 11.6 Å². The van der Waals surface area contributed by atoms with Gasteiger partial charge in [0.2, 0.25) is 5.95 Å². The number of halogens is 1. The zero-order chi connectivity index (χ0) is 13.9. The van der Waals surface area contributed by atoms with Crippen molar-refractivity contribution in [2.24, 2.45) is 0 Å². The van der Waals surface area contributed by atoms with Crippen LogP contribution in [0.3, 0.4) is 0 Å². The second-order valence-electron chi connectivity index (χ2n) is 4.31. The van der Waals surface area contributed by atoms with Crippen LogP contribution in [0.5, 0.6) is 0 Å². The van der Waals surface area contributed by atoms with Gasteiger partial charge in [-0.05, 0) is 16.8 Å². The van der Waals surface area contributed by atoms with E-state index in [0.717, 1.165) is 10.9 Å². The van der Waals surface area contributed by atoms with Gasteiger partial charge in [-0.25, -0.2) is 9.97 Å². The van der Waals surface area contributed by atoms with E-state index in [1.807, 2.05) is 29.6 Å². The number of rotatable bonds is 4. The molecule has 2 aromatic heterocycles. The lowest BCUT2D eigenvalue weighted by atomic mass is 10.1. The Morgan fingerprint density at radius 2 is 2.00 bits per heavy atom. The molecule has 0 saturated heterocycles. The number of fused-ring (bicyclic) bond motifs is 1. The van der Waals surface area contributed by atoms with Gasteiger partial charge in [0.25, 0.3) is 0 Å². The van der Waals surface area contributed by atoms with Crippen molar-refractivity contribution in [3.8, 4) is 0 Å². The number of benzene rings is 1. The highest BCUT2D eigenvalue weighted by Crippen LogP contribution is 2.30. The van der Waals surface area contributed by atoms with Crippen LogP contribution in [0.25, 0.3) is 10.1 Å². The number of nitrogens with zero attached hydrogens (tertiary/aromatic N) is 2. The van der Waals surface area contributed by atoms with Crippen LogP contribution >= 0.6 is 22.9 Å². The van der Waals surface area contributed by atoms with Gasteiger partial charge in [0, 0.05) is 16.8 Å². The molecule has 0 saturated carbocycles. The maximum absolute atomic E-state index is 10.3. The first-order valence-corrected chi connectivity index (χ1v) is 7.35. The van der Waals surface area contributed by atoms with Gasteiger partial charge in [0.1, 0.15) is 0 Å². The van der Waals surface area contributed by atoms with Gasteiger partial charge in [-0.2, -0.15) is 0 Å². The molecule has 4 nitrogen and oxygen atoms in total. The smallest absolute Gasteiger partial charge is 0.222 e. The standard InChI is InChI=1S/C14H12ClN3OS/c15-9-5-16-14(17-6-9)18-7-12(19)11-8-20-13-4-2-1-3-10(11)13/h1-6,8,12,19H,7H2,(H,16,17,18).